The molecule has 0 unspecified atom stereocenters. The maximum absolute atomic E-state index is 6.06. The van der Waals surface area contributed by atoms with E-state index >= 15 is 0 Å². The molecule has 1 fully saturated rings. The zero-order valence-corrected chi connectivity index (χ0v) is 12.4. The minimum absolute atomic E-state index is 0.382. The lowest BCUT2D eigenvalue weighted by Gasteiger charge is -2.26. The molecule has 0 bridgehead atoms. The van der Waals surface area contributed by atoms with E-state index in [1.165, 1.54) is 0 Å². The molecule has 0 spiro atoms. The Bertz CT molecular complexity index is 607. The quantitative estimate of drug-likeness (QED) is 0.938. The van der Waals surface area contributed by atoms with Gasteiger partial charge in [0.1, 0.15) is 11.5 Å². The van der Waals surface area contributed by atoms with E-state index in [0.717, 1.165) is 54.7 Å². The van der Waals surface area contributed by atoms with Gasteiger partial charge in [-0.25, -0.2) is 0 Å². The van der Waals surface area contributed by atoms with Crippen molar-refractivity contribution >= 4 is 10.9 Å². The molecule has 4 heteroatoms. The van der Waals surface area contributed by atoms with E-state index < -0.39 is 0 Å². The Morgan fingerprint density at radius 3 is 2.76 bits per heavy atom. The summed E-state index contributed by atoms with van der Waals surface area (Å²) in [5.41, 5.74) is 6.88. The molecule has 2 N–H and O–H groups in total. The van der Waals surface area contributed by atoms with Crippen molar-refractivity contribution in [3.05, 3.63) is 30.5 Å². The smallest absolute Gasteiger partial charge is 0.130 e. The predicted molar refractivity (Wildman–Crippen MR) is 83.7 cm³/mol. The van der Waals surface area contributed by atoms with E-state index in [9.17, 15) is 0 Å². The van der Waals surface area contributed by atoms with Crippen molar-refractivity contribution in [2.24, 2.45) is 11.7 Å². The summed E-state index contributed by atoms with van der Waals surface area (Å²) in [5, 5.41) is 1.00. The SMILES string of the molecule is COc1ccc2nccc(OCC3CCC(N)CC3)c2c1. The first-order valence-corrected chi connectivity index (χ1v) is 7.57. The summed E-state index contributed by atoms with van der Waals surface area (Å²) in [6.07, 6.45) is 6.33. The molecule has 1 aromatic carbocycles. The highest BCUT2D eigenvalue weighted by Gasteiger charge is 2.19. The van der Waals surface area contributed by atoms with E-state index in [2.05, 4.69) is 4.98 Å². The fourth-order valence-electron chi connectivity index (χ4n) is 2.92. The summed E-state index contributed by atoms with van der Waals surface area (Å²) >= 11 is 0. The molecule has 1 aliphatic carbocycles. The normalized spacial score (nSPS) is 22.2. The van der Waals surface area contributed by atoms with Gasteiger partial charge in [0, 0.05) is 17.6 Å². The molecule has 112 valence electrons. The first-order chi connectivity index (χ1) is 10.3. The van der Waals surface area contributed by atoms with E-state index in [1.807, 2.05) is 24.3 Å². The number of fused-ring (bicyclic) bond motifs is 1. The summed E-state index contributed by atoms with van der Waals surface area (Å²) < 4.78 is 11.3. The van der Waals surface area contributed by atoms with Crippen LogP contribution in [0.2, 0.25) is 0 Å². The zero-order valence-electron chi connectivity index (χ0n) is 12.4. The van der Waals surface area contributed by atoms with Gasteiger partial charge in [-0.2, -0.15) is 0 Å². The fraction of sp³-hybridized carbons (Fsp3) is 0.471. The number of hydrogen-bond donors (Lipinski definition) is 1. The second-order valence-corrected chi connectivity index (χ2v) is 5.78. The van der Waals surface area contributed by atoms with Gasteiger partial charge >= 0.3 is 0 Å². The van der Waals surface area contributed by atoms with Crippen molar-refractivity contribution in [1.29, 1.82) is 0 Å². The minimum atomic E-state index is 0.382. The van der Waals surface area contributed by atoms with Gasteiger partial charge < -0.3 is 15.2 Å². The Balaban J connectivity index is 1.74. The lowest BCUT2D eigenvalue weighted by molar-refractivity contribution is 0.202. The first kappa shape index (κ1) is 14.1. The van der Waals surface area contributed by atoms with Crippen LogP contribution in [0.4, 0.5) is 0 Å². The number of nitrogens with zero attached hydrogens (tertiary/aromatic N) is 1. The maximum atomic E-state index is 6.06. The average Bonchev–Trinajstić information content (AvgIpc) is 2.54. The van der Waals surface area contributed by atoms with Crippen molar-refractivity contribution in [2.75, 3.05) is 13.7 Å². The molecule has 0 aliphatic heterocycles. The first-order valence-electron chi connectivity index (χ1n) is 7.57. The number of benzene rings is 1. The van der Waals surface area contributed by atoms with E-state index in [-0.39, 0.29) is 0 Å². The van der Waals surface area contributed by atoms with Crippen LogP contribution < -0.4 is 15.2 Å². The molecule has 0 radical (unpaired) electrons. The lowest BCUT2D eigenvalue weighted by Crippen LogP contribution is -2.28. The Morgan fingerprint density at radius 1 is 1.19 bits per heavy atom. The van der Waals surface area contributed by atoms with Crippen LogP contribution in [0.5, 0.6) is 11.5 Å². The van der Waals surface area contributed by atoms with Crippen molar-refractivity contribution in [3.63, 3.8) is 0 Å². The Morgan fingerprint density at radius 2 is 2.00 bits per heavy atom. The van der Waals surface area contributed by atoms with Crippen LogP contribution >= 0.6 is 0 Å². The molecule has 3 rings (SSSR count). The number of hydrogen-bond acceptors (Lipinski definition) is 4. The molecule has 1 heterocycles. The lowest BCUT2D eigenvalue weighted by atomic mass is 9.87. The molecular weight excluding hydrogens is 264 g/mol. The molecule has 1 aromatic heterocycles. The van der Waals surface area contributed by atoms with Gasteiger partial charge in [-0.3, -0.25) is 4.98 Å². The predicted octanol–water partition coefficient (Wildman–Crippen LogP) is 3.14. The molecule has 4 nitrogen and oxygen atoms in total. The maximum Gasteiger partial charge on any atom is 0.130 e. The van der Waals surface area contributed by atoms with Gasteiger partial charge in [0.15, 0.2) is 0 Å². The van der Waals surface area contributed by atoms with E-state index in [4.69, 9.17) is 15.2 Å². The molecule has 0 saturated heterocycles. The zero-order chi connectivity index (χ0) is 14.7. The largest absolute Gasteiger partial charge is 0.497 e. The van der Waals surface area contributed by atoms with Crippen LogP contribution in [-0.2, 0) is 0 Å². The third-order valence-corrected chi connectivity index (χ3v) is 4.27. The van der Waals surface area contributed by atoms with Crippen molar-refractivity contribution in [3.8, 4) is 11.5 Å². The highest BCUT2D eigenvalue weighted by molar-refractivity contribution is 5.86. The number of aromatic nitrogens is 1. The van der Waals surface area contributed by atoms with Gasteiger partial charge in [0.05, 0.1) is 19.2 Å². The summed E-state index contributed by atoms with van der Waals surface area (Å²) in [4.78, 5) is 4.37. The topological polar surface area (TPSA) is 57.4 Å². The van der Waals surface area contributed by atoms with Gasteiger partial charge in [0.2, 0.25) is 0 Å². The van der Waals surface area contributed by atoms with Crippen molar-refractivity contribution in [1.82, 2.24) is 4.98 Å². The van der Waals surface area contributed by atoms with Crippen LogP contribution in [0.1, 0.15) is 25.7 Å². The molecular formula is C17H22N2O2. The van der Waals surface area contributed by atoms with Crippen molar-refractivity contribution in [2.45, 2.75) is 31.7 Å². The van der Waals surface area contributed by atoms with Gasteiger partial charge in [0.25, 0.3) is 0 Å². The van der Waals surface area contributed by atoms with Crippen LogP contribution in [-0.4, -0.2) is 24.7 Å². The summed E-state index contributed by atoms with van der Waals surface area (Å²) in [5.74, 6) is 2.32. The third-order valence-electron chi connectivity index (χ3n) is 4.27. The average molecular weight is 286 g/mol. The number of methoxy groups -OCH3 is 1. The standard InChI is InChI=1S/C17H22N2O2/c1-20-14-6-7-16-15(10-14)17(8-9-19-16)21-11-12-2-4-13(18)5-3-12/h6-10,12-13H,2-5,11,18H2,1H3. The van der Waals surface area contributed by atoms with E-state index in [1.54, 1.807) is 13.3 Å². The number of nitrogens with two attached hydrogens (primary N) is 1. The number of rotatable bonds is 4. The third kappa shape index (κ3) is 3.27. The van der Waals surface area contributed by atoms with Gasteiger partial charge in [-0.15, -0.1) is 0 Å². The molecule has 0 amide bonds. The van der Waals surface area contributed by atoms with E-state index in [0.29, 0.717) is 12.0 Å². The number of pyridine rings is 1. The molecule has 2 aromatic rings. The van der Waals surface area contributed by atoms with Crippen LogP contribution in [0.25, 0.3) is 10.9 Å². The monoisotopic (exact) mass is 286 g/mol. The molecule has 0 atom stereocenters. The Labute approximate surface area is 125 Å². The summed E-state index contributed by atoms with van der Waals surface area (Å²) in [6, 6.07) is 8.17. The second-order valence-electron chi connectivity index (χ2n) is 5.78. The fourth-order valence-corrected chi connectivity index (χ4v) is 2.92. The van der Waals surface area contributed by atoms with Crippen LogP contribution in [0.15, 0.2) is 30.5 Å². The molecule has 1 aliphatic rings. The highest BCUT2D eigenvalue weighted by atomic mass is 16.5. The van der Waals surface area contributed by atoms with Gasteiger partial charge in [-0.05, 0) is 55.9 Å². The Kier molecular flexibility index (Phi) is 4.25. The highest BCUT2D eigenvalue weighted by Crippen LogP contribution is 2.29. The molecule has 21 heavy (non-hydrogen) atoms. The number of ether oxygens (including phenoxy) is 2. The minimum Gasteiger partial charge on any atom is -0.497 e. The van der Waals surface area contributed by atoms with Gasteiger partial charge in [-0.1, -0.05) is 0 Å². The van der Waals surface area contributed by atoms with Crippen molar-refractivity contribution < 1.29 is 9.47 Å². The van der Waals surface area contributed by atoms with Crippen LogP contribution in [0, 0.1) is 5.92 Å². The van der Waals surface area contributed by atoms with Crippen LogP contribution in [0.3, 0.4) is 0 Å². The summed E-state index contributed by atoms with van der Waals surface area (Å²) in [7, 11) is 1.67. The second kappa shape index (κ2) is 6.31. The Hall–Kier alpha value is -1.81. The molecule has 1 saturated carbocycles. The summed E-state index contributed by atoms with van der Waals surface area (Å²) in [6.45, 7) is 0.753.